The van der Waals surface area contributed by atoms with Crippen LogP contribution in [0.3, 0.4) is 0 Å². The summed E-state index contributed by atoms with van der Waals surface area (Å²) in [4.78, 5) is 21.6. The molecular weight excluding hydrogens is 354 g/mol. The molecule has 0 aromatic carbocycles. The maximum atomic E-state index is 12.3. The van der Waals surface area contributed by atoms with Gasteiger partial charge in [-0.3, -0.25) is 4.79 Å². The quantitative estimate of drug-likeness (QED) is 0.735. The van der Waals surface area contributed by atoms with Crippen LogP contribution in [0, 0.1) is 27.7 Å². The SMILES string of the molecule is Cc1cc(C)c2c(n1)nn1c(C)c(CCC(=O)NC[C@H]3CCCO3)c(C)nc21. The van der Waals surface area contributed by atoms with Gasteiger partial charge in [-0.05, 0) is 64.2 Å². The Morgan fingerprint density at radius 2 is 2.11 bits per heavy atom. The van der Waals surface area contributed by atoms with Crippen molar-refractivity contribution in [1.29, 1.82) is 0 Å². The van der Waals surface area contributed by atoms with Crippen LogP contribution in [0.25, 0.3) is 16.7 Å². The van der Waals surface area contributed by atoms with Gasteiger partial charge < -0.3 is 10.1 Å². The van der Waals surface area contributed by atoms with Crippen molar-refractivity contribution in [3.05, 3.63) is 34.3 Å². The normalized spacial score (nSPS) is 16.9. The van der Waals surface area contributed by atoms with Gasteiger partial charge in [-0.1, -0.05) is 0 Å². The number of amides is 1. The molecule has 4 rings (SSSR count). The number of carbonyl (C=O) groups is 1. The highest BCUT2D eigenvalue weighted by Crippen LogP contribution is 2.25. The first-order valence-electron chi connectivity index (χ1n) is 9.95. The summed E-state index contributed by atoms with van der Waals surface area (Å²) in [6.07, 6.45) is 3.34. The van der Waals surface area contributed by atoms with Gasteiger partial charge in [0.25, 0.3) is 0 Å². The van der Waals surface area contributed by atoms with E-state index in [1.54, 1.807) is 0 Å². The molecule has 0 spiro atoms. The third kappa shape index (κ3) is 3.46. The number of pyridine rings is 1. The van der Waals surface area contributed by atoms with E-state index in [1.807, 2.05) is 25.3 Å². The van der Waals surface area contributed by atoms with Crippen molar-refractivity contribution in [2.75, 3.05) is 13.2 Å². The van der Waals surface area contributed by atoms with Crippen molar-refractivity contribution in [1.82, 2.24) is 24.9 Å². The van der Waals surface area contributed by atoms with Crippen LogP contribution in [0.4, 0.5) is 0 Å². The average Bonchev–Trinajstić information content (AvgIpc) is 3.27. The zero-order chi connectivity index (χ0) is 19.8. The standard InChI is InChI=1S/C21H27N5O2/c1-12-10-13(2)23-20-19(12)21-24-14(3)17(15(4)26(21)25-20)7-8-18(27)22-11-16-6-5-9-28-16/h10,16H,5-9,11H2,1-4H3,(H,22,27)/t16-/m1/s1. The molecule has 28 heavy (non-hydrogen) atoms. The summed E-state index contributed by atoms with van der Waals surface area (Å²) in [6.45, 7) is 9.48. The largest absolute Gasteiger partial charge is 0.376 e. The lowest BCUT2D eigenvalue weighted by molar-refractivity contribution is -0.121. The smallest absolute Gasteiger partial charge is 0.220 e. The Bertz CT molecular complexity index is 1050. The van der Waals surface area contributed by atoms with Crippen molar-refractivity contribution in [2.45, 2.75) is 59.5 Å². The van der Waals surface area contributed by atoms with Crippen molar-refractivity contribution >= 4 is 22.6 Å². The van der Waals surface area contributed by atoms with Crippen LogP contribution in [0.1, 0.15) is 47.5 Å². The van der Waals surface area contributed by atoms with Crippen LogP contribution in [-0.4, -0.2) is 44.7 Å². The zero-order valence-electron chi connectivity index (χ0n) is 17.0. The lowest BCUT2D eigenvalue weighted by Crippen LogP contribution is -2.32. The monoisotopic (exact) mass is 381 g/mol. The second-order valence-electron chi connectivity index (χ2n) is 7.71. The van der Waals surface area contributed by atoms with Crippen LogP contribution >= 0.6 is 0 Å². The predicted octanol–water partition coefficient (Wildman–Crippen LogP) is 2.74. The maximum Gasteiger partial charge on any atom is 0.220 e. The molecule has 1 aliphatic rings. The number of aromatic nitrogens is 4. The molecule has 0 unspecified atom stereocenters. The lowest BCUT2D eigenvalue weighted by Gasteiger charge is -2.13. The van der Waals surface area contributed by atoms with Crippen LogP contribution in [0.15, 0.2) is 6.07 Å². The van der Waals surface area contributed by atoms with Gasteiger partial charge in [0, 0.05) is 36.7 Å². The molecule has 0 saturated carbocycles. The fourth-order valence-corrected chi connectivity index (χ4v) is 4.09. The summed E-state index contributed by atoms with van der Waals surface area (Å²) in [5.74, 6) is 0.0492. The second-order valence-corrected chi connectivity index (χ2v) is 7.71. The minimum atomic E-state index is 0.0492. The van der Waals surface area contributed by atoms with Gasteiger partial charge in [0.15, 0.2) is 11.3 Å². The van der Waals surface area contributed by atoms with Gasteiger partial charge in [0.1, 0.15) is 0 Å². The molecule has 1 atom stereocenters. The molecule has 148 valence electrons. The molecule has 7 heteroatoms. The minimum absolute atomic E-state index is 0.0492. The summed E-state index contributed by atoms with van der Waals surface area (Å²) >= 11 is 0. The molecule has 0 aliphatic carbocycles. The maximum absolute atomic E-state index is 12.3. The van der Waals surface area contributed by atoms with E-state index in [4.69, 9.17) is 9.72 Å². The average molecular weight is 381 g/mol. The number of hydrogen-bond donors (Lipinski definition) is 1. The Hall–Kier alpha value is -2.54. The summed E-state index contributed by atoms with van der Waals surface area (Å²) in [7, 11) is 0. The van der Waals surface area contributed by atoms with Crippen LogP contribution in [0.5, 0.6) is 0 Å². The van der Waals surface area contributed by atoms with E-state index >= 15 is 0 Å². The predicted molar refractivity (Wildman–Crippen MR) is 108 cm³/mol. The first-order valence-corrected chi connectivity index (χ1v) is 9.95. The molecule has 0 bridgehead atoms. The Kier molecular flexibility index (Phi) is 5.02. The van der Waals surface area contributed by atoms with E-state index in [-0.39, 0.29) is 12.0 Å². The Labute approximate surface area is 164 Å². The van der Waals surface area contributed by atoms with E-state index in [0.717, 1.165) is 64.3 Å². The molecular formula is C21H27N5O2. The van der Waals surface area contributed by atoms with Crippen LogP contribution in [-0.2, 0) is 16.0 Å². The van der Waals surface area contributed by atoms with Gasteiger partial charge >= 0.3 is 0 Å². The number of carbonyl (C=O) groups excluding carboxylic acids is 1. The Morgan fingerprint density at radius 3 is 2.86 bits per heavy atom. The van der Waals surface area contributed by atoms with Crippen molar-refractivity contribution in [2.24, 2.45) is 0 Å². The highest BCUT2D eigenvalue weighted by Gasteiger charge is 2.19. The highest BCUT2D eigenvalue weighted by atomic mass is 16.5. The van der Waals surface area contributed by atoms with E-state index < -0.39 is 0 Å². The van der Waals surface area contributed by atoms with E-state index in [2.05, 4.69) is 28.4 Å². The zero-order valence-corrected chi connectivity index (χ0v) is 17.0. The van der Waals surface area contributed by atoms with Crippen molar-refractivity contribution in [3.63, 3.8) is 0 Å². The fraction of sp³-hybridized carbons (Fsp3) is 0.524. The summed E-state index contributed by atoms with van der Waals surface area (Å²) in [5.41, 5.74) is 6.67. The molecule has 1 fully saturated rings. The first-order chi connectivity index (χ1) is 13.4. The van der Waals surface area contributed by atoms with Gasteiger partial charge in [-0.2, -0.15) is 0 Å². The number of aryl methyl sites for hydroxylation is 4. The summed E-state index contributed by atoms with van der Waals surface area (Å²) in [5, 5.41) is 8.67. The molecule has 0 radical (unpaired) electrons. The number of hydrogen-bond acceptors (Lipinski definition) is 5. The molecule has 1 saturated heterocycles. The van der Waals surface area contributed by atoms with E-state index in [9.17, 15) is 4.79 Å². The fourth-order valence-electron chi connectivity index (χ4n) is 4.09. The minimum Gasteiger partial charge on any atom is -0.376 e. The molecule has 3 aromatic rings. The first kappa shape index (κ1) is 18.8. The van der Waals surface area contributed by atoms with Crippen LogP contribution in [0.2, 0.25) is 0 Å². The number of nitrogens with zero attached hydrogens (tertiary/aromatic N) is 4. The third-order valence-corrected chi connectivity index (χ3v) is 5.56. The van der Waals surface area contributed by atoms with Gasteiger partial charge in [-0.25, -0.2) is 14.5 Å². The van der Waals surface area contributed by atoms with Crippen molar-refractivity contribution in [3.8, 4) is 0 Å². The van der Waals surface area contributed by atoms with E-state index in [1.165, 1.54) is 0 Å². The number of rotatable bonds is 5. The molecule has 1 aliphatic heterocycles. The number of fused-ring (bicyclic) bond motifs is 3. The molecule has 1 amide bonds. The van der Waals surface area contributed by atoms with Crippen LogP contribution < -0.4 is 5.32 Å². The summed E-state index contributed by atoms with van der Waals surface area (Å²) < 4.78 is 7.43. The van der Waals surface area contributed by atoms with Gasteiger partial charge in [0.2, 0.25) is 5.91 Å². The molecule has 3 aromatic heterocycles. The number of nitrogens with one attached hydrogen (secondary N) is 1. The van der Waals surface area contributed by atoms with Gasteiger partial charge in [-0.15, -0.1) is 5.10 Å². The van der Waals surface area contributed by atoms with Crippen molar-refractivity contribution < 1.29 is 9.53 Å². The molecule has 4 heterocycles. The Balaban J connectivity index is 1.56. The third-order valence-electron chi connectivity index (χ3n) is 5.56. The summed E-state index contributed by atoms with van der Waals surface area (Å²) in [6, 6.07) is 2.06. The number of ether oxygens (including phenoxy) is 1. The highest BCUT2D eigenvalue weighted by molar-refractivity contribution is 5.93. The molecule has 1 N–H and O–H groups in total. The lowest BCUT2D eigenvalue weighted by atomic mass is 10.1. The van der Waals surface area contributed by atoms with E-state index in [0.29, 0.717) is 19.4 Å². The Morgan fingerprint density at radius 1 is 1.29 bits per heavy atom. The van der Waals surface area contributed by atoms with Gasteiger partial charge in [0.05, 0.1) is 11.5 Å². The molecule has 7 nitrogen and oxygen atoms in total. The second kappa shape index (κ2) is 7.47. The topological polar surface area (TPSA) is 81.4 Å².